The van der Waals surface area contributed by atoms with Gasteiger partial charge in [0.15, 0.2) is 11.3 Å². The van der Waals surface area contributed by atoms with Gasteiger partial charge in [0.1, 0.15) is 18.0 Å². The molecular weight excluding hydrogens is 813 g/mol. The second-order valence-electron chi connectivity index (χ2n) is 16.1. The lowest BCUT2D eigenvalue weighted by molar-refractivity contribution is -0.129. The quantitative estimate of drug-likeness (QED) is 0.151. The van der Waals surface area contributed by atoms with Crippen molar-refractivity contribution in [1.29, 1.82) is 0 Å². The predicted octanol–water partition coefficient (Wildman–Crippen LogP) is 3.55. The molecule has 21 heteroatoms. The molecule has 2 aliphatic rings. The number of hydrogen-bond acceptors (Lipinski definition) is 13. The van der Waals surface area contributed by atoms with Crippen molar-refractivity contribution in [2.45, 2.75) is 57.5 Å². The molecule has 2 N–H and O–H groups in total. The molecule has 0 radical (unpaired) electrons. The number of imidazole rings is 2. The van der Waals surface area contributed by atoms with E-state index in [0.717, 1.165) is 5.69 Å². The van der Waals surface area contributed by atoms with Crippen LogP contribution in [0.3, 0.4) is 0 Å². The minimum absolute atomic E-state index is 0.00559. The molecule has 0 aliphatic carbocycles. The normalized spacial score (nSPS) is 16.7. The monoisotopic (exact) mass is 864 g/mol. The van der Waals surface area contributed by atoms with Gasteiger partial charge < -0.3 is 34.6 Å². The van der Waals surface area contributed by atoms with Crippen LogP contribution in [0.5, 0.6) is 17.6 Å². The summed E-state index contributed by atoms with van der Waals surface area (Å²) < 4.78 is 26.6. The molecule has 2 atom stereocenters. The minimum atomic E-state index is -0.438. The predicted molar refractivity (Wildman–Crippen MR) is 234 cm³/mol. The zero-order valence-electron chi connectivity index (χ0n) is 36.3. The van der Waals surface area contributed by atoms with Crippen molar-refractivity contribution >= 4 is 45.9 Å². The Morgan fingerprint density at radius 1 is 0.794 bits per heavy atom. The van der Waals surface area contributed by atoms with Crippen LogP contribution in [0.25, 0.3) is 11.3 Å². The van der Waals surface area contributed by atoms with E-state index >= 15 is 0 Å². The summed E-state index contributed by atoms with van der Waals surface area (Å²) in [4.78, 5) is 67.9. The van der Waals surface area contributed by atoms with Gasteiger partial charge >= 0.3 is 11.4 Å². The van der Waals surface area contributed by atoms with Gasteiger partial charge in [0.05, 0.1) is 62.0 Å². The number of nitrogens with one attached hydrogen (secondary N) is 2. The van der Waals surface area contributed by atoms with E-state index in [1.54, 1.807) is 77.8 Å². The van der Waals surface area contributed by atoms with Gasteiger partial charge in [-0.1, -0.05) is 27.0 Å². The maximum Gasteiger partial charge on any atom is 0.337 e. The molecule has 2 unspecified atom stereocenters. The van der Waals surface area contributed by atoms with Crippen LogP contribution in [0, 0.1) is 0 Å². The van der Waals surface area contributed by atoms with Gasteiger partial charge in [0.2, 0.25) is 11.8 Å². The molecule has 2 amide bonds. The summed E-state index contributed by atoms with van der Waals surface area (Å²) >= 11 is 0. The van der Waals surface area contributed by atoms with Gasteiger partial charge in [-0.05, 0) is 37.7 Å². The first kappa shape index (κ1) is 42.4. The first-order valence-corrected chi connectivity index (χ1v) is 20.8. The third kappa shape index (κ3) is 8.01. The van der Waals surface area contributed by atoms with Crippen LogP contribution in [-0.2, 0) is 23.7 Å². The minimum Gasteiger partial charge on any atom is -0.478 e. The Labute approximate surface area is 361 Å². The zero-order valence-corrected chi connectivity index (χ0v) is 36.3. The molecule has 2 saturated heterocycles. The second-order valence-corrected chi connectivity index (χ2v) is 16.1. The number of nitrogens with zero attached hydrogens (tertiary/aromatic N) is 12. The second kappa shape index (κ2) is 17.2. The fourth-order valence-corrected chi connectivity index (χ4v) is 8.43. The average Bonchev–Trinajstić information content (AvgIpc) is 4.09. The lowest BCUT2D eigenvalue weighted by atomic mass is 10.0. The number of aryl methyl sites for hydroxylation is 2. The number of piperidine rings is 2. The zero-order chi connectivity index (χ0) is 44.7. The van der Waals surface area contributed by atoms with Gasteiger partial charge in [0, 0.05) is 64.4 Å². The molecule has 332 valence electrons. The molecule has 0 spiro atoms. The molecule has 63 heavy (non-hydrogen) atoms. The third-order valence-corrected chi connectivity index (χ3v) is 11.5. The summed E-state index contributed by atoms with van der Waals surface area (Å²) in [6.45, 7) is 13.0. The lowest BCUT2D eigenvalue weighted by Gasteiger charge is -2.34. The Morgan fingerprint density at radius 2 is 1.32 bits per heavy atom. The van der Waals surface area contributed by atoms with Crippen LogP contribution in [0.4, 0.5) is 22.7 Å². The van der Waals surface area contributed by atoms with Crippen molar-refractivity contribution in [3.63, 3.8) is 0 Å². The molecule has 0 saturated carbocycles. The first-order chi connectivity index (χ1) is 30.3. The third-order valence-electron chi connectivity index (χ3n) is 11.5. The highest BCUT2D eigenvalue weighted by molar-refractivity contribution is 5.93. The summed E-state index contributed by atoms with van der Waals surface area (Å²) in [5.74, 6) is 0.264. The molecule has 8 heterocycles. The number of fused-ring (bicyclic) bond motifs is 2. The van der Waals surface area contributed by atoms with E-state index in [1.165, 1.54) is 30.9 Å². The number of anilines is 4. The molecule has 2 aliphatic heterocycles. The van der Waals surface area contributed by atoms with Crippen molar-refractivity contribution in [1.82, 2.24) is 57.3 Å². The summed E-state index contributed by atoms with van der Waals surface area (Å²) in [5, 5.41) is 15.4. The maximum atomic E-state index is 14.4. The Hall–Kier alpha value is -7.32. The van der Waals surface area contributed by atoms with Crippen molar-refractivity contribution < 1.29 is 23.8 Å². The fourth-order valence-electron chi connectivity index (χ4n) is 8.43. The average molecular weight is 865 g/mol. The van der Waals surface area contributed by atoms with Crippen LogP contribution in [0.15, 0.2) is 71.6 Å². The van der Waals surface area contributed by atoms with E-state index in [4.69, 9.17) is 14.2 Å². The first-order valence-electron chi connectivity index (χ1n) is 20.8. The number of aromatic nitrogens is 10. The molecule has 0 bridgehead atoms. The van der Waals surface area contributed by atoms with Gasteiger partial charge in [0.25, 0.3) is 17.7 Å². The molecule has 6 aromatic rings. The topological polar surface area (TPSA) is 207 Å². The van der Waals surface area contributed by atoms with Gasteiger partial charge in [-0.15, -0.1) is 10.2 Å². The molecule has 2 fully saturated rings. The fraction of sp³-hybridized carbons (Fsp3) is 0.429. The standard InChI is InChI=1S/C42H52N14O7/c1-9-34(57)51-14-10-12-27(18-51)54-23-30(46-32-21-50(6)48-39(32)62-8)37-44-17-35(56(37)42(54)60)63-24-26(4)40(58)52-15-11-13-28(19-52)53-22-29(45-31-20-49(5)47-38(31)61-7)36-43-16-33(25(2)3)55(36)41(53)59/h9,16-17,20-23,25,27-28,45-46H,1,4,10-15,18-19,24H2,2-3,5-8H3. The van der Waals surface area contributed by atoms with Crippen LogP contribution >= 0.6 is 0 Å². The van der Waals surface area contributed by atoms with Crippen molar-refractivity contribution in [2.75, 3.05) is 57.6 Å². The van der Waals surface area contributed by atoms with E-state index in [-0.39, 0.29) is 65.8 Å². The smallest absolute Gasteiger partial charge is 0.337 e. The van der Waals surface area contributed by atoms with Crippen molar-refractivity contribution in [2.24, 2.45) is 14.1 Å². The SMILES string of the molecule is C=CC(=O)N1CCCC(n2cc(Nc3cn(C)nc3OC)c3ncc(OCC(=C)C(=O)N4CCCC(n5cc(Nc6cn(C)nc6OC)c6ncc(C(C)C)n6c5=O)C4)n3c2=O)C1. The van der Waals surface area contributed by atoms with Gasteiger partial charge in [-0.3, -0.25) is 28.1 Å². The Bertz CT molecular complexity index is 2860. The number of ether oxygens (including phenoxy) is 3. The molecular formula is C42H52N14O7. The van der Waals surface area contributed by atoms with Crippen LogP contribution < -0.4 is 36.2 Å². The number of amides is 2. The number of carbonyl (C=O) groups is 2. The van der Waals surface area contributed by atoms with E-state index in [0.29, 0.717) is 85.5 Å². The molecule has 0 aromatic carbocycles. The van der Waals surface area contributed by atoms with Gasteiger partial charge in [-0.2, -0.15) is 0 Å². The van der Waals surface area contributed by atoms with E-state index in [9.17, 15) is 19.2 Å². The molecule has 8 rings (SSSR count). The molecule has 21 nitrogen and oxygen atoms in total. The number of methoxy groups -OCH3 is 2. The Morgan fingerprint density at radius 3 is 1.87 bits per heavy atom. The highest BCUT2D eigenvalue weighted by Gasteiger charge is 2.31. The lowest BCUT2D eigenvalue weighted by Crippen LogP contribution is -2.44. The Kier molecular flexibility index (Phi) is 11.6. The van der Waals surface area contributed by atoms with E-state index in [1.807, 2.05) is 13.8 Å². The highest BCUT2D eigenvalue weighted by atomic mass is 16.5. The van der Waals surface area contributed by atoms with Crippen LogP contribution in [0.2, 0.25) is 0 Å². The number of hydrogen-bond donors (Lipinski definition) is 2. The number of carbonyl (C=O) groups excluding carboxylic acids is 2. The number of likely N-dealkylation sites (tertiary alicyclic amines) is 2. The summed E-state index contributed by atoms with van der Waals surface area (Å²) in [6.07, 6.45) is 14.0. The summed E-state index contributed by atoms with van der Waals surface area (Å²) in [7, 11) is 6.59. The van der Waals surface area contributed by atoms with Crippen LogP contribution in [0.1, 0.15) is 63.2 Å². The van der Waals surface area contributed by atoms with Crippen molar-refractivity contribution in [3.8, 4) is 17.6 Å². The summed E-state index contributed by atoms with van der Waals surface area (Å²) in [6, 6.07) is -0.732. The van der Waals surface area contributed by atoms with Gasteiger partial charge in [-0.25, -0.2) is 28.4 Å². The molecule has 6 aromatic heterocycles. The van der Waals surface area contributed by atoms with E-state index in [2.05, 4.69) is 44.0 Å². The van der Waals surface area contributed by atoms with E-state index < -0.39 is 5.69 Å². The maximum absolute atomic E-state index is 14.4. The summed E-state index contributed by atoms with van der Waals surface area (Å²) in [5.41, 5.74) is 3.10. The largest absolute Gasteiger partial charge is 0.478 e. The Balaban J connectivity index is 1.05. The van der Waals surface area contributed by atoms with Crippen molar-refractivity contribution in [3.05, 3.63) is 88.7 Å². The highest BCUT2D eigenvalue weighted by Crippen LogP contribution is 2.33. The van der Waals surface area contributed by atoms with Crippen LogP contribution in [-0.4, -0.2) is 116 Å². The number of rotatable bonds is 14.